The molecule has 0 atom stereocenters. The second-order valence-corrected chi connectivity index (χ2v) is 6.12. The number of ether oxygens (including phenoxy) is 2. The Bertz CT molecular complexity index is 911. The highest BCUT2D eigenvalue weighted by Crippen LogP contribution is 2.30. The highest BCUT2D eigenvalue weighted by Gasteiger charge is 2.10. The number of pyridine rings is 1. The average Bonchev–Trinajstić information content (AvgIpc) is 2.59. The van der Waals surface area contributed by atoms with E-state index in [1.807, 2.05) is 19.1 Å². The number of hydrogen-bond donors (Lipinski definition) is 0. The third-order valence-corrected chi connectivity index (χ3v) is 3.75. The van der Waals surface area contributed by atoms with Crippen LogP contribution >= 0.6 is 23.2 Å². The number of carbonyl (C=O) groups is 1. The van der Waals surface area contributed by atoms with Gasteiger partial charge >= 0.3 is 5.97 Å². The van der Waals surface area contributed by atoms with E-state index >= 15 is 0 Å². The van der Waals surface area contributed by atoms with Crippen LogP contribution in [-0.2, 0) is 0 Å². The number of halogens is 2. The lowest BCUT2D eigenvalue weighted by Gasteiger charge is -2.08. The van der Waals surface area contributed by atoms with Gasteiger partial charge in [0.1, 0.15) is 16.5 Å². The molecule has 6 heteroatoms. The first-order chi connectivity index (χ1) is 12.0. The molecule has 0 saturated heterocycles. The quantitative estimate of drug-likeness (QED) is 0.434. The third kappa shape index (κ3) is 4.50. The van der Waals surface area contributed by atoms with E-state index in [0.717, 1.165) is 5.56 Å². The van der Waals surface area contributed by atoms with Crippen molar-refractivity contribution in [1.82, 2.24) is 4.98 Å². The number of aryl methyl sites for hydroxylation is 1. The fraction of sp³-hybridized carbons (Fsp3) is 0.0526. The molecule has 126 valence electrons. The molecule has 0 fully saturated rings. The van der Waals surface area contributed by atoms with Gasteiger partial charge in [-0.1, -0.05) is 40.9 Å². The van der Waals surface area contributed by atoms with E-state index in [0.29, 0.717) is 27.1 Å². The van der Waals surface area contributed by atoms with Crippen molar-refractivity contribution in [2.45, 2.75) is 6.92 Å². The number of hydrogen-bond acceptors (Lipinski definition) is 4. The summed E-state index contributed by atoms with van der Waals surface area (Å²) < 4.78 is 10.9. The summed E-state index contributed by atoms with van der Waals surface area (Å²) >= 11 is 11.8. The maximum atomic E-state index is 12.1. The van der Waals surface area contributed by atoms with Crippen LogP contribution in [0.1, 0.15) is 15.9 Å². The van der Waals surface area contributed by atoms with E-state index in [-0.39, 0.29) is 5.88 Å². The number of nitrogens with zero attached hydrogens (tertiary/aromatic N) is 1. The molecule has 2 aromatic carbocycles. The Balaban J connectivity index is 1.69. The summed E-state index contributed by atoms with van der Waals surface area (Å²) in [5.74, 6) is 0.747. The van der Waals surface area contributed by atoms with Gasteiger partial charge in [-0.2, -0.15) is 0 Å². The Hall–Kier alpha value is -2.56. The molecule has 3 rings (SSSR count). The molecule has 0 aliphatic heterocycles. The van der Waals surface area contributed by atoms with Crippen LogP contribution in [0, 0.1) is 6.92 Å². The summed E-state index contributed by atoms with van der Waals surface area (Å²) in [6.07, 6.45) is 1.45. The Morgan fingerprint density at radius 3 is 2.40 bits per heavy atom. The van der Waals surface area contributed by atoms with Crippen molar-refractivity contribution in [2.75, 3.05) is 0 Å². The fourth-order valence-electron chi connectivity index (χ4n) is 2.10. The minimum absolute atomic E-state index is 0.246. The van der Waals surface area contributed by atoms with Crippen molar-refractivity contribution in [2.24, 2.45) is 0 Å². The van der Waals surface area contributed by atoms with Crippen molar-refractivity contribution in [3.63, 3.8) is 0 Å². The molecule has 0 spiro atoms. The Kier molecular flexibility index (Phi) is 5.22. The molecule has 0 amide bonds. The molecule has 0 aliphatic carbocycles. The molecule has 1 heterocycles. The van der Waals surface area contributed by atoms with Crippen LogP contribution in [0.15, 0.2) is 60.8 Å². The van der Waals surface area contributed by atoms with Gasteiger partial charge in [0.05, 0.1) is 10.6 Å². The zero-order valence-electron chi connectivity index (χ0n) is 13.2. The molecular weight excluding hydrogens is 361 g/mol. The lowest BCUT2D eigenvalue weighted by atomic mass is 10.1. The number of benzene rings is 2. The van der Waals surface area contributed by atoms with Crippen LogP contribution in [-0.4, -0.2) is 11.0 Å². The third-order valence-electron chi connectivity index (χ3n) is 3.28. The number of esters is 1. The zero-order valence-corrected chi connectivity index (χ0v) is 14.7. The summed E-state index contributed by atoms with van der Waals surface area (Å²) in [4.78, 5) is 16.1. The molecule has 0 aliphatic rings. The molecule has 0 saturated carbocycles. The van der Waals surface area contributed by atoms with Crippen molar-refractivity contribution in [3.05, 3.63) is 82.0 Å². The molecular formula is C19H13Cl2NO3. The van der Waals surface area contributed by atoms with Crippen molar-refractivity contribution in [1.29, 1.82) is 0 Å². The summed E-state index contributed by atoms with van der Waals surface area (Å²) in [7, 11) is 0. The standard InChI is InChI=1S/C19H13Cl2NO3/c1-12-3-2-4-13(9-12)19(23)25-16-7-5-15(6-8-16)24-18-17(21)10-14(20)11-22-18/h2-11H,1H3. The summed E-state index contributed by atoms with van der Waals surface area (Å²) in [6, 6.07) is 15.3. The van der Waals surface area contributed by atoms with E-state index in [9.17, 15) is 4.79 Å². The van der Waals surface area contributed by atoms with Gasteiger partial charge in [0, 0.05) is 6.20 Å². The topological polar surface area (TPSA) is 48.4 Å². The molecule has 1 aromatic heterocycles. The monoisotopic (exact) mass is 373 g/mol. The predicted molar refractivity (Wildman–Crippen MR) is 96.9 cm³/mol. The molecule has 25 heavy (non-hydrogen) atoms. The van der Waals surface area contributed by atoms with Gasteiger partial charge in [-0.15, -0.1) is 0 Å². The maximum Gasteiger partial charge on any atom is 0.343 e. The van der Waals surface area contributed by atoms with E-state index in [4.69, 9.17) is 32.7 Å². The van der Waals surface area contributed by atoms with Crippen LogP contribution in [0.3, 0.4) is 0 Å². The van der Waals surface area contributed by atoms with Crippen molar-refractivity contribution >= 4 is 29.2 Å². The average molecular weight is 374 g/mol. The van der Waals surface area contributed by atoms with E-state index in [2.05, 4.69) is 4.98 Å². The number of aromatic nitrogens is 1. The van der Waals surface area contributed by atoms with Gasteiger partial charge in [-0.25, -0.2) is 9.78 Å². The van der Waals surface area contributed by atoms with Crippen molar-refractivity contribution < 1.29 is 14.3 Å². The molecule has 3 aromatic rings. The first kappa shape index (κ1) is 17.3. The summed E-state index contributed by atoms with van der Waals surface area (Å²) in [5, 5.41) is 0.734. The molecule has 0 unspecified atom stereocenters. The SMILES string of the molecule is Cc1cccc(C(=O)Oc2ccc(Oc3ncc(Cl)cc3Cl)cc2)c1. The van der Waals surface area contributed by atoms with Crippen molar-refractivity contribution in [3.8, 4) is 17.4 Å². The summed E-state index contributed by atoms with van der Waals surface area (Å²) in [6.45, 7) is 1.92. The van der Waals surface area contributed by atoms with Gasteiger partial charge in [0.2, 0.25) is 5.88 Å². The Morgan fingerprint density at radius 1 is 1.00 bits per heavy atom. The van der Waals surface area contributed by atoms with E-state index < -0.39 is 5.97 Å². The molecule has 0 bridgehead atoms. The lowest BCUT2D eigenvalue weighted by molar-refractivity contribution is 0.0734. The minimum Gasteiger partial charge on any atom is -0.438 e. The number of rotatable bonds is 4. The minimum atomic E-state index is -0.417. The van der Waals surface area contributed by atoms with Gasteiger partial charge in [0.25, 0.3) is 0 Å². The van der Waals surface area contributed by atoms with Gasteiger partial charge in [-0.3, -0.25) is 0 Å². The largest absolute Gasteiger partial charge is 0.438 e. The van der Waals surface area contributed by atoms with E-state index in [1.54, 1.807) is 42.5 Å². The highest BCUT2D eigenvalue weighted by molar-refractivity contribution is 6.35. The van der Waals surface area contributed by atoms with E-state index in [1.165, 1.54) is 6.20 Å². The van der Waals surface area contributed by atoms with Crippen LogP contribution < -0.4 is 9.47 Å². The van der Waals surface area contributed by atoms with Gasteiger partial charge < -0.3 is 9.47 Å². The smallest absolute Gasteiger partial charge is 0.343 e. The summed E-state index contributed by atoms with van der Waals surface area (Å²) in [5.41, 5.74) is 1.49. The zero-order chi connectivity index (χ0) is 17.8. The van der Waals surface area contributed by atoms with Crippen LogP contribution in [0.2, 0.25) is 10.0 Å². The second kappa shape index (κ2) is 7.55. The number of carbonyl (C=O) groups excluding carboxylic acids is 1. The maximum absolute atomic E-state index is 12.1. The van der Waals surface area contributed by atoms with Gasteiger partial charge in [-0.05, 0) is 49.4 Å². The first-order valence-electron chi connectivity index (χ1n) is 7.39. The molecule has 0 radical (unpaired) electrons. The Morgan fingerprint density at radius 2 is 1.72 bits per heavy atom. The normalized spacial score (nSPS) is 10.4. The fourth-order valence-corrected chi connectivity index (χ4v) is 2.52. The molecule has 0 N–H and O–H groups in total. The highest BCUT2D eigenvalue weighted by atomic mass is 35.5. The Labute approximate surface area is 154 Å². The van der Waals surface area contributed by atoms with Crippen LogP contribution in [0.4, 0.5) is 0 Å². The van der Waals surface area contributed by atoms with Gasteiger partial charge in [0.15, 0.2) is 0 Å². The van der Waals surface area contributed by atoms with Crippen LogP contribution in [0.25, 0.3) is 0 Å². The van der Waals surface area contributed by atoms with Crippen LogP contribution in [0.5, 0.6) is 17.4 Å². The second-order valence-electron chi connectivity index (χ2n) is 5.27. The first-order valence-corrected chi connectivity index (χ1v) is 8.15. The molecule has 4 nitrogen and oxygen atoms in total. The predicted octanol–water partition coefficient (Wildman–Crippen LogP) is 5.71. The lowest BCUT2D eigenvalue weighted by Crippen LogP contribution is -2.08.